The molecule has 3 heteroatoms. The molecule has 1 aliphatic heterocycles. The van der Waals surface area contributed by atoms with Gasteiger partial charge >= 0.3 is 0 Å². The Labute approximate surface area is 95.2 Å². The van der Waals surface area contributed by atoms with Crippen LogP contribution in [0.5, 0.6) is 0 Å². The van der Waals surface area contributed by atoms with E-state index in [-0.39, 0.29) is 11.7 Å². The number of aliphatic imine (C=N–C) groups is 1. The Morgan fingerprint density at radius 1 is 1.44 bits per heavy atom. The number of hydrogen-bond donors (Lipinski definition) is 0. The molecule has 0 radical (unpaired) electrons. The SMILES string of the molecule is CCCC1=CC(=O)C2C=CC(OC)=CC2=N1. The zero-order chi connectivity index (χ0) is 11.5. The lowest BCUT2D eigenvalue weighted by Crippen LogP contribution is -2.25. The van der Waals surface area contributed by atoms with E-state index in [2.05, 4.69) is 11.9 Å². The van der Waals surface area contributed by atoms with E-state index >= 15 is 0 Å². The van der Waals surface area contributed by atoms with Crippen LogP contribution in [0.4, 0.5) is 0 Å². The van der Waals surface area contributed by atoms with E-state index in [9.17, 15) is 4.79 Å². The van der Waals surface area contributed by atoms with Crippen molar-refractivity contribution in [3.05, 3.63) is 35.8 Å². The molecule has 1 aliphatic carbocycles. The second-order valence-corrected chi connectivity index (χ2v) is 3.91. The number of carbonyl (C=O) groups is 1. The van der Waals surface area contributed by atoms with Gasteiger partial charge in [-0.25, -0.2) is 0 Å². The number of fused-ring (bicyclic) bond motifs is 1. The number of nitrogens with zero attached hydrogens (tertiary/aromatic N) is 1. The molecule has 1 unspecified atom stereocenters. The number of ketones is 1. The normalized spacial score (nSPS) is 23.2. The van der Waals surface area contributed by atoms with Crippen molar-refractivity contribution in [1.82, 2.24) is 0 Å². The average molecular weight is 217 g/mol. The van der Waals surface area contributed by atoms with Crippen molar-refractivity contribution in [2.24, 2.45) is 10.9 Å². The molecule has 0 bridgehead atoms. The molecule has 0 aromatic carbocycles. The van der Waals surface area contributed by atoms with E-state index in [0.29, 0.717) is 0 Å². The van der Waals surface area contributed by atoms with Crippen molar-refractivity contribution < 1.29 is 9.53 Å². The molecule has 1 atom stereocenters. The average Bonchev–Trinajstić information content (AvgIpc) is 2.28. The molecule has 0 fully saturated rings. The summed E-state index contributed by atoms with van der Waals surface area (Å²) >= 11 is 0. The lowest BCUT2D eigenvalue weighted by Gasteiger charge is -2.20. The lowest BCUT2D eigenvalue weighted by atomic mass is 9.90. The van der Waals surface area contributed by atoms with Crippen LogP contribution in [0.1, 0.15) is 19.8 Å². The van der Waals surface area contributed by atoms with Crippen LogP contribution in [0, 0.1) is 5.92 Å². The molecule has 2 aliphatic rings. The summed E-state index contributed by atoms with van der Waals surface area (Å²) in [4.78, 5) is 16.3. The van der Waals surface area contributed by atoms with Gasteiger partial charge in [-0.1, -0.05) is 19.4 Å². The summed E-state index contributed by atoms with van der Waals surface area (Å²) in [5.41, 5.74) is 1.68. The van der Waals surface area contributed by atoms with Crippen molar-refractivity contribution in [3.63, 3.8) is 0 Å². The maximum atomic E-state index is 11.8. The molecule has 84 valence electrons. The summed E-state index contributed by atoms with van der Waals surface area (Å²) < 4.78 is 5.13. The van der Waals surface area contributed by atoms with Gasteiger partial charge in [-0.2, -0.15) is 0 Å². The molecule has 1 heterocycles. The predicted octanol–water partition coefficient (Wildman–Crippen LogP) is 2.41. The Morgan fingerprint density at radius 3 is 2.94 bits per heavy atom. The molecule has 0 aromatic rings. The van der Waals surface area contributed by atoms with Gasteiger partial charge in [0.15, 0.2) is 5.78 Å². The molecular weight excluding hydrogens is 202 g/mol. The van der Waals surface area contributed by atoms with Crippen molar-refractivity contribution >= 4 is 11.5 Å². The van der Waals surface area contributed by atoms with Gasteiger partial charge in [0.25, 0.3) is 0 Å². The first kappa shape index (κ1) is 10.9. The van der Waals surface area contributed by atoms with E-state index in [1.165, 1.54) is 0 Å². The third kappa shape index (κ3) is 1.98. The molecule has 0 saturated carbocycles. The van der Waals surface area contributed by atoms with Gasteiger partial charge in [-0.3, -0.25) is 9.79 Å². The highest BCUT2D eigenvalue weighted by molar-refractivity contribution is 6.18. The Kier molecular flexibility index (Phi) is 3.04. The maximum Gasteiger partial charge on any atom is 0.170 e. The van der Waals surface area contributed by atoms with Crippen LogP contribution < -0.4 is 0 Å². The third-order valence-electron chi connectivity index (χ3n) is 2.69. The Morgan fingerprint density at radius 2 is 2.25 bits per heavy atom. The summed E-state index contributed by atoms with van der Waals surface area (Å²) in [6.45, 7) is 2.08. The zero-order valence-electron chi connectivity index (χ0n) is 9.56. The Balaban J connectivity index is 2.30. The first-order valence-corrected chi connectivity index (χ1v) is 5.51. The van der Waals surface area contributed by atoms with E-state index in [4.69, 9.17) is 4.74 Å². The Bertz CT molecular complexity index is 427. The number of carbonyl (C=O) groups excluding carboxylic acids is 1. The van der Waals surface area contributed by atoms with E-state index in [1.807, 2.05) is 18.2 Å². The quantitative estimate of drug-likeness (QED) is 0.728. The van der Waals surface area contributed by atoms with Gasteiger partial charge in [0.1, 0.15) is 5.76 Å². The van der Waals surface area contributed by atoms with Crippen LogP contribution >= 0.6 is 0 Å². The minimum atomic E-state index is -0.209. The van der Waals surface area contributed by atoms with Crippen molar-refractivity contribution in [2.45, 2.75) is 19.8 Å². The summed E-state index contributed by atoms with van der Waals surface area (Å²) in [6.07, 6.45) is 9.01. The second-order valence-electron chi connectivity index (χ2n) is 3.91. The van der Waals surface area contributed by atoms with Crippen LogP contribution in [-0.4, -0.2) is 18.6 Å². The molecule has 16 heavy (non-hydrogen) atoms. The number of methoxy groups -OCH3 is 1. The van der Waals surface area contributed by atoms with E-state index in [1.54, 1.807) is 13.2 Å². The molecular formula is C13H15NO2. The standard InChI is InChI=1S/C13H15NO2/c1-3-4-9-7-13(15)11-6-5-10(16-2)8-12(11)14-9/h5-8,11H,3-4H2,1-2H3. The molecule has 0 N–H and O–H groups in total. The molecule has 2 rings (SSSR count). The van der Waals surface area contributed by atoms with Gasteiger partial charge in [-0.15, -0.1) is 0 Å². The molecule has 3 nitrogen and oxygen atoms in total. The highest BCUT2D eigenvalue weighted by Gasteiger charge is 2.26. The number of ether oxygens (including phenoxy) is 1. The van der Waals surface area contributed by atoms with E-state index in [0.717, 1.165) is 30.0 Å². The number of rotatable bonds is 3. The van der Waals surface area contributed by atoms with Gasteiger partial charge < -0.3 is 4.74 Å². The molecule has 0 amide bonds. The summed E-state index contributed by atoms with van der Waals surface area (Å²) in [7, 11) is 1.62. The van der Waals surface area contributed by atoms with Gasteiger partial charge in [-0.05, 0) is 12.5 Å². The fraction of sp³-hybridized carbons (Fsp3) is 0.385. The minimum Gasteiger partial charge on any atom is -0.497 e. The van der Waals surface area contributed by atoms with Crippen LogP contribution in [0.2, 0.25) is 0 Å². The molecule has 0 spiro atoms. The fourth-order valence-electron chi connectivity index (χ4n) is 1.88. The number of allylic oxidation sites excluding steroid dienone is 5. The van der Waals surface area contributed by atoms with Crippen LogP contribution in [0.25, 0.3) is 0 Å². The largest absolute Gasteiger partial charge is 0.497 e. The van der Waals surface area contributed by atoms with E-state index < -0.39 is 0 Å². The highest BCUT2D eigenvalue weighted by Crippen LogP contribution is 2.23. The molecule has 0 saturated heterocycles. The van der Waals surface area contributed by atoms with Crippen LogP contribution in [-0.2, 0) is 9.53 Å². The predicted molar refractivity (Wildman–Crippen MR) is 63.2 cm³/mol. The Hall–Kier alpha value is -1.64. The highest BCUT2D eigenvalue weighted by atomic mass is 16.5. The fourth-order valence-corrected chi connectivity index (χ4v) is 1.88. The topological polar surface area (TPSA) is 38.7 Å². The summed E-state index contributed by atoms with van der Waals surface area (Å²) in [6, 6.07) is 0. The van der Waals surface area contributed by atoms with Gasteiger partial charge in [0.05, 0.1) is 18.7 Å². The van der Waals surface area contributed by atoms with Crippen LogP contribution in [0.15, 0.2) is 40.8 Å². The summed E-state index contributed by atoms with van der Waals surface area (Å²) in [5, 5.41) is 0. The first-order valence-electron chi connectivity index (χ1n) is 5.51. The third-order valence-corrected chi connectivity index (χ3v) is 2.69. The smallest absolute Gasteiger partial charge is 0.170 e. The van der Waals surface area contributed by atoms with Crippen molar-refractivity contribution in [1.29, 1.82) is 0 Å². The van der Waals surface area contributed by atoms with Gasteiger partial charge in [0, 0.05) is 17.8 Å². The van der Waals surface area contributed by atoms with Crippen LogP contribution in [0.3, 0.4) is 0 Å². The zero-order valence-corrected chi connectivity index (χ0v) is 9.56. The van der Waals surface area contributed by atoms with Gasteiger partial charge in [0.2, 0.25) is 0 Å². The van der Waals surface area contributed by atoms with Crippen molar-refractivity contribution in [2.75, 3.05) is 7.11 Å². The maximum absolute atomic E-state index is 11.8. The lowest BCUT2D eigenvalue weighted by molar-refractivity contribution is -0.115. The number of hydrogen-bond acceptors (Lipinski definition) is 3. The summed E-state index contributed by atoms with van der Waals surface area (Å²) in [5.74, 6) is 0.663. The first-order chi connectivity index (χ1) is 7.74. The molecule has 0 aromatic heterocycles. The second kappa shape index (κ2) is 4.47. The minimum absolute atomic E-state index is 0.121. The monoisotopic (exact) mass is 217 g/mol. The van der Waals surface area contributed by atoms with Crippen molar-refractivity contribution in [3.8, 4) is 0 Å².